The van der Waals surface area contributed by atoms with Crippen molar-refractivity contribution in [1.82, 2.24) is 9.80 Å². The lowest BCUT2D eigenvalue weighted by Crippen LogP contribution is -2.51. The van der Waals surface area contributed by atoms with E-state index in [1.807, 2.05) is 0 Å². The van der Waals surface area contributed by atoms with Crippen LogP contribution in [0.3, 0.4) is 0 Å². The van der Waals surface area contributed by atoms with Crippen LogP contribution in [-0.4, -0.2) is 56.6 Å². The van der Waals surface area contributed by atoms with E-state index < -0.39 is 0 Å². The zero-order valence-corrected chi connectivity index (χ0v) is 17.9. The van der Waals surface area contributed by atoms with Gasteiger partial charge >= 0.3 is 0 Å². The van der Waals surface area contributed by atoms with E-state index in [4.69, 9.17) is 4.74 Å². The number of nitrogens with zero attached hydrogens (tertiary/aromatic N) is 2. The molecule has 0 N–H and O–H groups in total. The monoisotopic (exact) mass is 384 g/mol. The molecule has 4 nitrogen and oxygen atoms in total. The number of hydrogen-bond donors (Lipinski definition) is 0. The van der Waals surface area contributed by atoms with Crippen molar-refractivity contribution < 1.29 is 9.53 Å². The van der Waals surface area contributed by atoms with Crippen LogP contribution in [0.4, 0.5) is 0 Å². The molecule has 154 valence electrons. The van der Waals surface area contributed by atoms with Gasteiger partial charge in [0.15, 0.2) is 0 Å². The van der Waals surface area contributed by atoms with Crippen molar-refractivity contribution in [3.63, 3.8) is 0 Å². The third-order valence-corrected chi connectivity index (χ3v) is 8.22. The summed E-state index contributed by atoms with van der Waals surface area (Å²) in [5.74, 6) is 0.366. The maximum absolute atomic E-state index is 13.3. The van der Waals surface area contributed by atoms with Gasteiger partial charge in [-0.1, -0.05) is 36.8 Å². The van der Waals surface area contributed by atoms with Gasteiger partial charge in [0.05, 0.1) is 12.0 Å². The van der Waals surface area contributed by atoms with Crippen molar-refractivity contribution in [1.29, 1.82) is 0 Å². The Kier molecular flexibility index (Phi) is 5.30. The third kappa shape index (κ3) is 3.19. The van der Waals surface area contributed by atoms with Crippen LogP contribution in [0.2, 0.25) is 0 Å². The van der Waals surface area contributed by atoms with Crippen LogP contribution in [0, 0.1) is 10.8 Å². The summed E-state index contributed by atoms with van der Waals surface area (Å²) in [6, 6.07) is 11.0. The lowest BCUT2D eigenvalue weighted by molar-refractivity contribution is -0.151. The molecule has 28 heavy (non-hydrogen) atoms. The summed E-state index contributed by atoms with van der Waals surface area (Å²) in [6.45, 7) is 2.48. The molecule has 2 aliphatic carbocycles. The van der Waals surface area contributed by atoms with Gasteiger partial charge in [-0.2, -0.15) is 0 Å². The fourth-order valence-corrected chi connectivity index (χ4v) is 6.09. The molecule has 1 saturated heterocycles. The van der Waals surface area contributed by atoms with Gasteiger partial charge in [0.25, 0.3) is 0 Å². The molecule has 4 heteroatoms. The highest BCUT2D eigenvalue weighted by molar-refractivity contribution is 5.84. The molecule has 0 radical (unpaired) electrons. The summed E-state index contributed by atoms with van der Waals surface area (Å²) >= 11 is 0. The molecular formula is C24H36N2O2. The standard InChI is InChI=1S/C24H36N2O2/c1-25(2)24(20-8-5-4-6-9-20)14-12-22(13-15-24)16-17-26(18-22)21(27)23(19-28-3)10-7-11-23/h4-6,8-9H,7,10-19H2,1-3H3. The Hall–Kier alpha value is -1.39. The summed E-state index contributed by atoms with van der Waals surface area (Å²) in [7, 11) is 6.17. The first-order valence-electron chi connectivity index (χ1n) is 11.0. The van der Waals surface area contributed by atoms with Crippen LogP contribution in [0.1, 0.15) is 56.9 Å². The molecule has 0 bridgehead atoms. The molecule has 3 aliphatic rings. The number of carbonyl (C=O) groups excluding carboxylic acids is 1. The van der Waals surface area contributed by atoms with Crippen molar-refractivity contribution in [2.75, 3.05) is 40.9 Å². The Morgan fingerprint density at radius 1 is 1.04 bits per heavy atom. The highest BCUT2D eigenvalue weighted by Gasteiger charge is 2.52. The van der Waals surface area contributed by atoms with Gasteiger partial charge < -0.3 is 9.64 Å². The van der Waals surface area contributed by atoms with E-state index in [1.165, 1.54) is 37.7 Å². The second-order valence-electron chi connectivity index (χ2n) is 9.84. The van der Waals surface area contributed by atoms with E-state index in [2.05, 4.69) is 54.2 Å². The van der Waals surface area contributed by atoms with E-state index >= 15 is 0 Å². The smallest absolute Gasteiger partial charge is 0.231 e. The first-order chi connectivity index (χ1) is 13.5. The van der Waals surface area contributed by atoms with E-state index in [-0.39, 0.29) is 11.0 Å². The van der Waals surface area contributed by atoms with Gasteiger partial charge in [-0.25, -0.2) is 0 Å². The van der Waals surface area contributed by atoms with Crippen molar-refractivity contribution in [2.45, 2.75) is 56.9 Å². The van der Waals surface area contributed by atoms with Crippen LogP contribution in [-0.2, 0) is 15.1 Å². The van der Waals surface area contributed by atoms with E-state index in [1.54, 1.807) is 7.11 Å². The minimum absolute atomic E-state index is 0.134. The number of likely N-dealkylation sites (tertiary alicyclic amines) is 1. The van der Waals surface area contributed by atoms with Crippen LogP contribution < -0.4 is 0 Å². The Morgan fingerprint density at radius 2 is 1.71 bits per heavy atom. The topological polar surface area (TPSA) is 32.8 Å². The van der Waals surface area contributed by atoms with E-state index in [9.17, 15) is 4.79 Å². The van der Waals surface area contributed by atoms with Crippen molar-refractivity contribution in [3.05, 3.63) is 35.9 Å². The van der Waals surface area contributed by atoms with E-state index in [0.29, 0.717) is 17.9 Å². The number of benzene rings is 1. The van der Waals surface area contributed by atoms with Gasteiger partial charge in [-0.3, -0.25) is 9.69 Å². The van der Waals surface area contributed by atoms with Gasteiger partial charge in [0.2, 0.25) is 5.91 Å². The minimum atomic E-state index is -0.216. The first-order valence-corrected chi connectivity index (χ1v) is 11.0. The molecule has 4 rings (SSSR count). The lowest BCUT2D eigenvalue weighted by Gasteiger charge is -2.49. The summed E-state index contributed by atoms with van der Waals surface area (Å²) in [4.78, 5) is 17.9. The van der Waals surface area contributed by atoms with Crippen LogP contribution in [0.15, 0.2) is 30.3 Å². The van der Waals surface area contributed by atoms with Crippen molar-refractivity contribution >= 4 is 5.91 Å². The second kappa shape index (κ2) is 7.46. The summed E-state index contributed by atoms with van der Waals surface area (Å²) in [5, 5.41) is 0. The molecule has 1 amide bonds. The average Bonchev–Trinajstić information content (AvgIpc) is 3.09. The molecule has 1 aliphatic heterocycles. The zero-order valence-electron chi connectivity index (χ0n) is 17.9. The molecule has 1 aromatic rings. The maximum Gasteiger partial charge on any atom is 0.231 e. The molecule has 2 saturated carbocycles. The zero-order chi connectivity index (χ0) is 19.8. The van der Waals surface area contributed by atoms with Crippen molar-refractivity contribution in [3.8, 4) is 0 Å². The van der Waals surface area contributed by atoms with Gasteiger partial charge in [0.1, 0.15) is 0 Å². The molecule has 0 aromatic heterocycles. The quantitative estimate of drug-likeness (QED) is 0.768. The number of carbonyl (C=O) groups is 1. The fourth-order valence-electron chi connectivity index (χ4n) is 6.09. The SMILES string of the molecule is COCC1(C(=O)N2CCC3(CCC(c4ccccc4)(N(C)C)CC3)C2)CCC1. The number of methoxy groups -OCH3 is 1. The normalized spacial score (nSPS) is 31.9. The highest BCUT2D eigenvalue weighted by Crippen LogP contribution is 2.53. The first kappa shape index (κ1) is 19.9. The van der Waals surface area contributed by atoms with Crippen molar-refractivity contribution in [2.24, 2.45) is 10.8 Å². The molecule has 1 aromatic carbocycles. The predicted octanol–water partition coefficient (Wildman–Crippen LogP) is 4.05. The molecule has 0 atom stereocenters. The molecule has 1 heterocycles. The fraction of sp³-hybridized carbons (Fsp3) is 0.708. The maximum atomic E-state index is 13.3. The molecule has 3 fully saturated rings. The average molecular weight is 385 g/mol. The minimum Gasteiger partial charge on any atom is -0.384 e. The lowest BCUT2D eigenvalue weighted by atomic mass is 9.64. The molecule has 0 unspecified atom stereocenters. The Bertz CT molecular complexity index is 688. The highest BCUT2D eigenvalue weighted by atomic mass is 16.5. The second-order valence-corrected chi connectivity index (χ2v) is 9.84. The predicted molar refractivity (Wildman–Crippen MR) is 112 cm³/mol. The summed E-state index contributed by atoms with van der Waals surface area (Å²) < 4.78 is 5.42. The number of rotatable bonds is 5. The van der Waals surface area contributed by atoms with Crippen LogP contribution in [0.5, 0.6) is 0 Å². The molecule has 1 spiro atoms. The third-order valence-electron chi connectivity index (χ3n) is 8.22. The number of hydrogen-bond acceptors (Lipinski definition) is 3. The Morgan fingerprint density at radius 3 is 2.25 bits per heavy atom. The van der Waals surface area contributed by atoms with E-state index in [0.717, 1.165) is 32.4 Å². The number of amides is 1. The van der Waals surface area contributed by atoms with Crippen LogP contribution in [0.25, 0.3) is 0 Å². The largest absolute Gasteiger partial charge is 0.384 e. The van der Waals surface area contributed by atoms with Crippen LogP contribution >= 0.6 is 0 Å². The Labute approximate surface area is 170 Å². The summed E-state index contributed by atoms with van der Waals surface area (Å²) in [5.41, 5.74) is 1.68. The molecular weight excluding hydrogens is 348 g/mol. The van der Waals surface area contributed by atoms with Gasteiger partial charge in [-0.05, 0) is 70.0 Å². The van der Waals surface area contributed by atoms with Gasteiger partial charge in [0, 0.05) is 25.7 Å². The number of ether oxygens (including phenoxy) is 1. The Balaban J connectivity index is 1.45. The summed E-state index contributed by atoms with van der Waals surface area (Å²) in [6.07, 6.45) is 9.10. The van der Waals surface area contributed by atoms with Gasteiger partial charge in [-0.15, -0.1) is 0 Å².